The second-order valence-corrected chi connectivity index (χ2v) is 13.6. The Kier molecular flexibility index (Phi) is 7.86. The van der Waals surface area contributed by atoms with Crippen molar-refractivity contribution in [2.24, 2.45) is 22.7 Å². The number of fused-ring (bicyclic) bond motifs is 5. The predicted molar refractivity (Wildman–Crippen MR) is 154 cm³/mol. The fraction of sp³-hybridized carbons (Fsp3) is 0.667. The highest BCUT2D eigenvalue weighted by Gasteiger charge is 2.77. The van der Waals surface area contributed by atoms with Crippen LogP contribution in [0.2, 0.25) is 0 Å². The molecular formula is C33H44O10. The third kappa shape index (κ3) is 4.47. The van der Waals surface area contributed by atoms with Crippen molar-refractivity contribution < 1.29 is 48.3 Å². The van der Waals surface area contributed by atoms with Gasteiger partial charge in [0.1, 0.15) is 30.0 Å². The molecule has 2 bridgehead atoms. The van der Waals surface area contributed by atoms with Gasteiger partial charge in [-0.2, -0.15) is 0 Å². The molecule has 1 heterocycles. The van der Waals surface area contributed by atoms with Gasteiger partial charge in [-0.15, -0.1) is 0 Å². The van der Waals surface area contributed by atoms with E-state index in [0.29, 0.717) is 17.6 Å². The molecule has 1 aromatic carbocycles. The highest BCUT2D eigenvalue weighted by atomic mass is 16.6. The normalized spacial score (nSPS) is 41.4. The average molecular weight is 601 g/mol. The molecule has 8 unspecified atom stereocenters. The number of rotatable bonds is 5. The van der Waals surface area contributed by atoms with Gasteiger partial charge >= 0.3 is 17.9 Å². The van der Waals surface area contributed by atoms with Gasteiger partial charge in [0.2, 0.25) is 0 Å². The first-order chi connectivity index (χ1) is 20.1. The van der Waals surface area contributed by atoms with Gasteiger partial charge in [0.15, 0.2) is 5.60 Å². The van der Waals surface area contributed by atoms with Gasteiger partial charge in [-0.05, 0) is 42.5 Å². The van der Waals surface area contributed by atoms with Crippen molar-refractivity contribution >= 4 is 17.9 Å². The van der Waals surface area contributed by atoms with E-state index in [0.717, 1.165) is 0 Å². The van der Waals surface area contributed by atoms with Crippen LogP contribution in [0.25, 0.3) is 0 Å². The van der Waals surface area contributed by atoms with Crippen LogP contribution < -0.4 is 0 Å². The molecule has 0 amide bonds. The minimum atomic E-state index is -1.88. The van der Waals surface area contributed by atoms with Crippen LogP contribution in [-0.2, 0) is 33.3 Å². The van der Waals surface area contributed by atoms with Crippen LogP contribution in [0.15, 0.2) is 41.5 Å². The van der Waals surface area contributed by atoms with E-state index >= 15 is 0 Å². The fourth-order valence-electron chi connectivity index (χ4n) is 8.72. The van der Waals surface area contributed by atoms with Crippen molar-refractivity contribution in [2.75, 3.05) is 13.7 Å². The van der Waals surface area contributed by atoms with Crippen molar-refractivity contribution in [1.82, 2.24) is 0 Å². The second-order valence-electron chi connectivity index (χ2n) is 13.6. The van der Waals surface area contributed by atoms with Crippen LogP contribution in [-0.4, -0.2) is 83.6 Å². The zero-order valence-corrected chi connectivity index (χ0v) is 26.2. The van der Waals surface area contributed by atoms with E-state index in [1.807, 2.05) is 34.6 Å². The number of hydrogen-bond donors (Lipinski definition) is 2. The first-order valence-electron chi connectivity index (χ1n) is 14.9. The SMILES string of the molecule is COC1C2=C(C)C(OC(C)=O)CC(O)(C(OC(=O)c3ccccc3)C3C4(OC(C)=O)COC4C[C@H](C)[C@@]3(C)C1O)C2(C)C. The number of methoxy groups -OCH3 is 1. The van der Waals surface area contributed by atoms with E-state index < -0.39 is 76.4 Å². The lowest BCUT2D eigenvalue weighted by Crippen LogP contribution is -2.81. The first kappa shape index (κ1) is 31.6. The van der Waals surface area contributed by atoms with Gasteiger partial charge in [0.05, 0.1) is 24.2 Å². The molecule has 0 radical (unpaired) electrons. The fourth-order valence-corrected chi connectivity index (χ4v) is 8.72. The zero-order valence-electron chi connectivity index (χ0n) is 26.2. The third-order valence-electron chi connectivity index (χ3n) is 11.2. The Morgan fingerprint density at radius 2 is 1.67 bits per heavy atom. The van der Waals surface area contributed by atoms with E-state index in [9.17, 15) is 24.6 Å². The van der Waals surface area contributed by atoms with Crippen LogP contribution in [0.1, 0.15) is 71.7 Å². The topological polar surface area (TPSA) is 138 Å². The molecule has 0 spiro atoms. The summed E-state index contributed by atoms with van der Waals surface area (Å²) >= 11 is 0. The van der Waals surface area contributed by atoms with Crippen LogP contribution in [0, 0.1) is 22.7 Å². The van der Waals surface area contributed by atoms with Gasteiger partial charge in [-0.25, -0.2) is 4.79 Å². The first-order valence-corrected chi connectivity index (χ1v) is 14.9. The molecule has 10 heteroatoms. The number of aliphatic hydroxyl groups excluding tert-OH is 1. The molecule has 1 saturated heterocycles. The summed E-state index contributed by atoms with van der Waals surface area (Å²) in [6.45, 7) is 11.9. The maximum atomic E-state index is 13.9. The molecule has 2 saturated carbocycles. The highest BCUT2D eigenvalue weighted by Crippen LogP contribution is 2.66. The standard InChI is InChI=1S/C33H44O10/c1-17-14-23-32(16-40-23,43-20(4)35)26-28(42-29(37)21-12-10-9-11-13-21)33(38)15-22(41-19(3)34)18(2)24(30(33,5)6)25(39-8)27(36)31(17,26)7/h9-13,17,22-23,25-28,36,38H,14-16H2,1-8H3/t17-,22?,23?,25?,26?,27?,28?,31+,32?,33?/m0/s1. The summed E-state index contributed by atoms with van der Waals surface area (Å²) in [4.78, 5) is 38.9. The van der Waals surface area contributed by atoms with E-state index in [4.69, 9.17) is 23.7 Å². The van der Waals surface area contributed by atoms with Crippen molar-refractivity contribution in [1.29, 1.82) is 0 Å². The Hall–Kier alpha value is -2.79. The summed E-state index contributed by atoms with van der Waals surface area (Å²) in [6, 6.07) is 8.44. The summed E-state index contributed by atoms with van der Waals surface area (Å²) < 4.78 is 30.4. The Balaban J connectivity index is 1.83. The zero-order chi connectivity index (χ0) is 31.7. The van der Waals surface area contributed by atoms with E-state index in [2.05, 4.69) is 0 Å². The van der Waals surface area contributed by atoms with E-state index in [-0.39, 0.29) is 24.5 Å². The monoisotopic (exact) mass is 600 g/mol. The maximum absolute atomic E-state index is 13.9. The maximum Gasteiger partial charge on any atom is 0.338 e. The summed E-state index contributed by atoms with van der Waals surface area (Å²) in [6.07, 6.45) is -4.54. The van der Waals surface area contributed by atoms with E-state index in [1.54, 1.807) is 30.3 Å². The number of carbonyl (C=O) groups is 3. The molecule has 0 aromatic heterocycles. The lowest BCUT2D eigenvalue weighted by atomic mass is 9.43. The third-order valence-corrected chi connectivity index (χ3v) is 11.2. The number of benzene rings is 1. The summed E-state index contributed by atoms with van der Waals surface area (Å²) in [5.41, 5.74) is -3.96. The molecule has 236 valence electrons. The molecule has 1 aliphatic heterocycles. The second kappa shape index (κ2) is 10.7. The van der Waals surface area contributed by atoms with Crippen LogP contribution in [0.4, 0.5) is 0 Å². The molecule has 4 aliphatic rings. The minimum absolute atomic E-state index is 0.000410. The van der Waals surface area contributed by atoms with E-state index in [1.165, 1.54) is 21.0 Å². The average Bonchev–Trinajstić information content (AvgIpc) is 2.93. The van der Waals surface area contributed by atoms with Gasteiger partial charge in [-0.1, -0.05) is 45.9 Å². The lowest BCUT2D eigenvalue weighted by Gasteiger charge is -2.69. The Morgan fingerprint density at radius 1 is 1.02 bits per heavy atom. The Bertz CT molecular complexity index is 1320. The number of hydrogen-bond acceptors (Lipinski definition) is 10. The molecule has 3 fully saturated rings. The van der Waals surface area contributed by atoms with Crippen molar-refractivity contribution in [3.05, 3.63) is 47.0 Å². The van der Waals surface area contributed by atoms with Crippen molar-refractivity contribution in [3.8, 4) is 0 Å². The summed E-state index contributed by atoms with van der Waals surface area (Å²) in [5.74, 6) is -2.96. The van der Waals surface area contributed by atoms with Crippen LogP contribution in [0.3, 0.4) is 0 Å². The molecule has 3 aliphatic carbocycles. The van der Waals surface area contributed by atoms with Crippen molar-refractivity contribution in [2.45, 2.75) is 103 Å². The Morgan fingerprint density at radius 3 is 2.21 bits per heavy atom. The lowest BCUT2D eigenvalue weighted by molar-refractivity contribution is -0.359. The molecule has 1 aromatic rings. The van der Waals surface area contributed by atoms with Crippen LogP contribution in [0.5, 0.6) is 0 Å². The molecule has 10 atom stereocenters. The van der Waals surface area contributed by atoms with Gasteiger partial charge in [-0.3, -0.25) is 9.59 Å². The molecule has 2 N–H and O–H groups in total. The van der Waals surface area contributed by atoms with Crippen LogP contribution >= 0.6 is 0 Å². The van der Waals surface area contributed by atoms with Gasteiger partial charge in [0, 0.05) is 38.2 Å². The number of carbonyl (C=O) groups excluding carboxylic acids is 3. The molecular weight excluding hydrogens is 556 g/mol. The van der Waals surface area contributed by atoms with Crippen molar-refractivity contribution in [3.63, 3.8) is 0 Å². The smallest absolute Gasteiger partial charge is 0.338 e. The quantitative estimate of drug-likeness (QED) is 0.294. The largest absolute Gasteiger partial charge is 0.458 e. The number of esters is 3. The minimum Gasteiger partial charge on any atom is -0.458 e. The molecule has 10 nitrogen and oxygen atoms in total. The summed E-state index contributed by atoms with van der Waals surface area (Å²) in [5, 5.41) is 25.7. The molecule has 43 heavy (non-hydrogen) atoms. The number of ether oxygens (including phenoxy) is 5. The van der Waals surface area contributed by atoms with Gasteiger partial charge in [0.25, 0.3) is 0 Å². The number of aliphatic hydroxyl groups is 2. The predicted octanol–water partition coefficient (Wildman–Crippen LogP) is 3.37. The highest BCUT2D eigenvalue weighted by molar-refractivity contribution is 5.89. The Labute approximate surface area is 252 Å². The summed E-state index contributed by atoms with van der Waals surface area (Å²) in [7, 11) is 1.50. The molecule has 5 rings (SSSR count). The van der Waals surface area contributed by atoms with Gasteiger partial charge < -0.3 is 33.9 Å².